The van der Waals surface area contributed by atoms with E-state index in [4.69, 9.17) is 0 Å². The van der Waals surface area contributed by atoms with Crippen molar-refractivity contribution < 1.29 is 0 Å². The molecule has 16 heavy (non-hydrogen) atoms. The van der Waals surface area contributed by atoms with Gasteiger partial charge in [-0.2, -0.15) is 5.10 Å². The lowest BCUT2D eigenvalue weighted by molar-refractivity contribution is 0.393. The molecule has 0 aliphatic rings. The first kappa shape index (κ1) is 11.1. The topological polar surface area (TPSA) is 30.7 Å². The summed E-state index contributed by atoms with van der Waals surface area (Å²) < 4.78 is 2.10. The van der Waals surface area contributed by atoms with Crippen molar-refractivity contribution in [1.29, 1.82) is 0 Å². The van der Waals surface area contributed by atoms with Gasteiger partial charge in [0.25, 0.3) is 0 Å². The van der Waals surface area contributed by atoms with Crippen LogP contribution in [-0.2, 0) is 0 Å². The maximum atomic E-state index is 4.56. The molecular formula is C13H19N3. The Labute approximate surface area is 96.5 Å². The third-order valence-corrected chi connectivity index (χ3v) is 2.92. The Bertz CT molecular complexity index is 408. The van der Waals surface area contributed by atoms with E-state index in [1.165, 1.54) is 25.7 Å². The minimum absolute atomic E-state index is 0.532. The first-order valence-corrected chi connectivity index (χ1v) is 6.15. The van der Waals surface area contributed by atoms with E-state index in [1.54, 1.807) is 6.20 Å². The average Bonchev–Trinajstić information content (AvgIpc) is 2.72. The monoisotopic (exact) mass is 217 g/mol. The molecule has 86 valence electrons. The number of aromatic nitrogens is 3. The highest BCUT2D eigenvalue weighted by atomic mass is 15.3. The van der Waals surface area contributed by atoms with Gasteiger partial charge in [-0.25, -0.2) is 4.98 Å². The molecule has 0 fully saturated rings. The van der Waals surface area contributed by atoms with E-state index < -0.39 is 0 Å². The third-order valence-electron chi connectivity index (χ3n) is 2.92. The van der Waals surface area contributed by atoms with E-state index in [0.717, 1.165) is 11.0 Å². The van der Waals surface area contributed by atoms with Crippen LogP contribution in [0.25, 0.3) is 11.0 Å². The molecule has 0 bridgehead atoms. The largest absolute Gasteiger partial charge is 0.267 e. The van der Waals surface area contributed by atoms with Gasteiger partial charge >= 0.3 is 0 Å². The number of nitrogens with zero attached hydrogens (tertiary/aromatic N) is 3. The highest BCUT2D eigenvalue weighted by Crippen LogP contribution is 2.21. The van der Waals surface area contributed by atoms with Crippen LogP contribution in [0.4, 0.5) is 0 Å². The Balaban J connectivity index is 2.29. The Morgan fingerprint density at radius 2 is 2.00 bits per heavy atom. The lowest BCUT2D eigenvalue weighted by atomic mass is 10.1. The van der Waals surface area contributed by atoms with Crippen LogP contribution in [0.5, 0.6) is 0 Å². The summed E-state index contributed by atoms with van der Waals surface area (Å²) in [7, 11) is 0. The number of fused-ring (bicyclic) bond motifs is 1. The zero-order valence-corrected chi connectivity index (χ0v) is 10.1. The molecule has 2 aromatic heterocycles. The van der Waals surface area contributed by atoms with E-state index in [-0.39, 0.29) is 0 Å². The maximum absolute atomic E-state index is 4.56. The van der Waals surface area contributed by atoms with Gasteiger partial charge in [-0.3, -0.25) is 4.68 Å². The van der Waals surface area contributed by atoms with Crippen LogP contribution in [0.15, 0.2) is 24.5 Å². The van der Waals surface area contributed by atoms with Crippen LogP contribution < -0.4 is 0 Å². The quantitative estimate of drug-likeness (QED) is 0.766. The molecule has 0 atom stereocenters. The molecule has 0 saturated heterocycles. The van der Waals surface area contributed by atoms with Crippen LogP contribution >= 0.6 is 0 Å². The summed E-state index contributed by atoms with van der Waals surface area (Å²) in [6, 6.07) is 4.56. The number of rotatable bonds is 5. The molecular weight excluding hydrogens is 198 g/mol. The lowest BCUT2D eigenvalue weighted by Crippen LogP contribution is -2.09. The Kier molecular flexibility index (Phi) is 3.54. The van der Waals surface area contributed by atoms with Crippen LogP contribution in [0.2, 0.25) is 0 Å². The van der Waals surface area contributed by atoms with E-state index in [2.05, 4.69) is 40.9 Å². The van der Waals surface area contributed by atoms with E-state index in [0.29, 0.717) is 6.04 Å². The molecule has 0 N–H and O–H groups in total. The number of hydrogen-bond acceptors (Lipinski definition) is 2. The molecule has 2 aromatic rings. The normalized spacial score (nSPS) is 11.4. The van der Waals surface area contributed by atoms with Gasteiger partial charge in [0, 0.05) is 17.8 Å². The van der Waals surface area contributed by atoms with Crippen LogP contribution in [0.1, 0.15) is 45.6 Å². The first-order valence-electron chi connectivity index (χ1n) is 6.15. The summed E-state index contributed by atoms with van der Waals surface area (Å²) in [5, 5.41) is 5.69. The van der Waals surface area contributed by atoms with Gasteiger partial charge in [0.2, 0.25) is 0 Å². The van der Waals surface area contributed by atoms with Crippen molar-refractivity contribution in [2.45, 2.75) is 45.6 Å². The van der Waals surface area contributed by atoms with Crippen LogP contribution in [0.3, 0.4) is 0 Å². The summed E-state index contributed by atoms with van der Waals surface area (Å²) in [5.74, 6) is 0. The summed E-state index contributed by atoms with van der Waals surface area (Å²) in [6.45, 7) is 4.45. The minimum Gasteiger partial charge on any atom is -0.267 e. The van der Waals surface area contributed by atoms with Crippen molar-refractivity contribution in [3.05, 3.63) is 24.5 Å². The van der Waals surface area contributed by atoms with Gasteiger partial charge in [-0.1, -0.05) is 26.7 Å². The van der Waals surface area contributed by atoms with Crippen molar-refractivity contribution in [3.8, 4) is 0 Å². The first-order chi connectivity index (χ1) is 7.85. The Hall–Kier alpha value is -1.38. The second-order valence-electron chi connectivity index (χ2n) is 4.26. The summed E-state index contributed by atoms with van der Waals surface area (Å²) in [5.41, 5.74) is 0.861. The van der Waals surface area contributed by atoms with E-state index >= 15 is 0 Å². The molecule has 3 heteroatoms. The Morgan fingerprint density at radius 3 is 2.62 bits per heavy atom. The predicted octanol–water partition coefficient (Wildman–Crippen LogP) is 3.57. The molecule has 0 saturated carbocycles. The van der Waals surface area contributed by atoms with Crippen LogP contribution in [-0.4, -0.2) is 14.8 Å². The van der Waals surface area contributed by atoms with Gasteiger partial charge in [-0.15, -0.1) is 0 Å². The fraction of sp³-hybridized carbons (Fsp3) is 0.538. The van der Waals surface area contributed by atoms with Crippen molar-refractivity contribution in [1.82, 2.24) is 14.8 Å². The zero-order valence-electron chi connectivity index (χ0n) is 10.1. The van der Waals surface area contributed by atoms with Crippen molar-refractivity contribution in [2.75, 3.05) is 0 Å². The Morgan fingerprint density at radius 1 is 1.25 bits per heavy atom. The lowest BCUT2D eigenvalue weighted by Gasteiger charge is -2.15. The number of hydrogen-bond donors (Lipinski definition) is 0. The highest BCUT2D eigenvalue weighted by Gasteiger charge is 2.11. The van der Waals surface area contributed by atoms with Gasteiger partial charge in [0.15, 0.2) is 5.65 Å². The molecule has 0 amide bonds. The summed E-state index contributed by atoms with van der Waals surface area (Å²) in [6.07, 6.45) is 8.72. The van der Waals surface area contributed by atoms with Gasteiger partial charge in [-0.05, 0) is 25.0 Å². The number of pyridine rings is 1. The zero-order chi connectivity index (χ0) is 11.4. The third kappa shape index (κ3) is 2.23. The average molecular weight is 217 g/mol. The minimum atomic E-state index is 0.532. The van der Waals surface area contributed by atoms with Gasteiger partial charge < -0.3 is 0 Å². The molecule has 2 heterocycles. The summed E-state index contributed by atoms with van der Waals surface area (Å²) >= 11 is 0. The van der Waals surface area contributed by atoms with Crippen LogP contribution in [0, 0.1) is 0 Å². The van der Waals surface area contributed by atoms with Crippen molar-refractivity contribution in [2.24, 2.45) is 0 Å². The molecule has 0 aliphatic carbocycles. The predicted molar refractivity (Wildman–Crippen MR) is 66.4 cm³/mol. The molecule has 0 aliphatic heterocycles. The van der Waals surface area contributed by atoms with Gasteiger partial charge in [0.05, 0.1) is 6.04 Å². The molecule has 0 spiro atoms. The standard InChI is InChI=1S/C13H19N3/c1-3-6-12(7-4-2)16-10-11-8-5-9-14-13(11)15-16/h5,8-10,12H,3-4,6-7H2,1-2H3. The smallest absolute Gasteiger partial charge is 0.181 e. The molecule has 2 rings (SSSR count). The highest BCUT2D eigenvalue weighted by molar-refractivity contribution is 5.73. The summed E-state index contributed by atoms with van der Waals surface area (Å²) in [4.78, 5) is 4.27. The molecule has 0 unspecified atom stereocenters. The molecule has 0 aromatic carbocycles. The molecule has 3 nitrogen and oxygen atoms in total. The van der Waals surface area contributed by atoms with Crippen molar-refractivity contribution >= 4 is 11.0 Å². The van der Waals surface area contributed by atoms with E-state index in [9.17, 15) is 0 Å². The van der Waals surface area contributed by atoms with E-state index in [1.807, 2.05) is 6.07 Å². The molecule has 0 radical (unpaired) electrons. The van der Waals surface area contributed by atoms with Gasteiger partial charge in [0.1, 0.15) is 0 Å². The SMILES string of the molecule is CCCC(CCC)n1cc2cccnc2n1. The van der Waals surface area contributed by atoms with Crippen molar-refractivity contribution in [3.63, 3.8) is 0 Å². The second kappa shape index (κ2) is 5.10. The fourth-order valence-corrected chi connectivity index (χ4v) is 2.14. The maximum Gasteiger partial charge on any atom is 0.181 e. The fourth-order valence-electron chi connectivity index (χ4n) is 2.14. The second-order valence-corrected chi connectivity index (χ2v) is 4.26.